The zero-order chi connectivity index (χ0) is 20.7. The third kappa shape index (κ3) is 2.63. The second kappa shape index (κ2) is 6.89. The van der Waals surface area contributed by atoms with Crippen molar-refractivity contribution in [3.63, 3.8) is 0 Å². The Labute approximate surface area is 174 Å². The van der Waals surface area contributed by atoms with Gasteiger partial charge in [-0.1, -0.05) is 66.7 Å². The predicted octanol–water partition coefficient (Wildman–Crippen LogP) is 5.87. The first kappa shape index (κ1) is 18.2. The molecule has 0 saturated heterocycles. The molecule has 2 N–H and O–H groups in total. The van der Waals surface area contributed by atoms with Gasteiger partial charge in [0.05, 0.1) is 0 Å². The number of phenolic OH excluding ortho intramolecular Hbond substituents is 1. The summed E-state index contributed by atoms with van der Waals surface area (Å²) in [5.41, 5.74) is 3.55. The van der Waals surface area contributed by atoms with Crippen LogP contribution in [0.4, 0.5) is 0 Å². The van der Waals surface area contributed by atoms with Crippen LogP contribution in [0.5, 0.6) is 5.75 Å². The van der Waals surface area contributed by atoms with Crippen molar-refractivity contribution in [1.82, 2.24) is 4.98 Å². The maximum absolute atomic E-state index is 13.0. The molecule has 0 bridgehead atoms. The van der Waals surface area contributed by atoms with Gasteiger partial charge in [-0.05, 0) is 58.7 Å². The molecule has 3 heteroatoms. The number of H-pyrrole nitrogens is 1. The Morgan fingerprint density at radius 1 is 0.800 bits per heavy atom. The predicted molar refractivity (Wildman–Crippen MR) is 121 cm³/mol. The molecule has 1 atom stereocenters. The lowest BCUT2D eigenvalue weighted by atomic mass is 9.71. The Hall–Kier alpha value is -3.85. The van der Waals surface area contributed by atoms with Crippen molar-refractivity contribution < 1.29 is 9.90 Å². The number of benzene rings is 4. The van der Waals surface area contributed by atoms with Gasteiger partial charge in [-0.15, -0.1) is 0 Å². The summed E-state index contributed by atoms with van der Waals surface area (Å²) in [5, 5.41) is 13.1. The molecule has 0 aliphatic rings. The van der Waals surface area contributed by atoms with Crippen LogP contribution in [-0.4, -0.2) is 16.4 Å². The summed E-state index contributed by atoms with van der Waals surface area (Å²) in [6.07, 6.45) is 1.02. The minimum Gasteiger partial charge on any atom is -0.508 e. The van der Waals surface area contributed by atoms with Gasteiger partial charge >= 0.3 is 0 Å². The molecule has 0 fully saturated rings. The average molecular weight is 391 g/mol. The second-order valence-electron chi connectivity index (χ2n) is 7.71. The van der Waals surface area contributed by atoms with Crippen LogP contribution in [-0.2, 0) is 10.2 Å². The van der Waals surface area contributed by atoms with Crippen LogP contribution in [0.2, 0.25) is 0 Å². The number of aromatic hydroxyl groups is 1. The Morgan fingerprint density at radius 3 is 2.20 bits per heavy atom. The fraction of sp³-hybridized carbons (Fsp3) is 0.0741. The van der Waals surface area contributed by atoms with Crippen molar-refractivity contribution in [1.29, 1.82) is 0 Å². The number of hydrogen-bond acceptors (Lipinski definition) is 2. The van der Waals surface area contributed by atoms with Crippen LogP contribution in [0.25, 0.3) is 21.7 Å². The number of carbonyl (C=O) groups excluding carboxylic acids is 1. The van der Waals surface area contributed by atoms with Crippen LogP contribution < -0.4 is 0 Å². The second-order valence-corrected chi connectivity index (χ2v) is 7.71. The van der Waals surface area contributed by atoms with E-state index >= 15 is 0 Å². The van der Waals surface area contributed by atoms with Crippen LogP contribution >= 0.6 is 0 Å². The molecular weight excluding hydrogens is 370 g/mol. The van der Waals surface area contributed by atoms with E-state index in [0.29, 0.717) is 0 Å². The summed E-state index contributed by atoms with van der Waals surface area (Å²) >= 11 is 0. The van der Waals surface area contributed by atoms with Gasteiger partial charge in [0.2, 0.25) is 0 Å². The standard InChI is InChI=1S/C27H21NO2/c1-18-24-8-4-5-9-25(24)28-26(18)27(17-29,21-12-14-23(30)15-13-21)22-11-10-19-6-2-3-7-20(19)16-22/h2-17,28,30H,1H3/t27-/m0/s1. The fourth-order valence-corrected chi connectivity index (χ4v) is 4.49. The van der Waals surface area contributed by atoms with Crippen molar-refractivity contribution in [3.8, 4) is 5.75 Å². The molecule has 0 saturated carbocycles. The number of hydrogen-bond donors (Lipinski definition) is 2. The molecule has 0 aliphatic heterocycles. The maximum atomic E-state index is 13.0. The lowest BCUT2D eigenvalue weighted by Gasteiger charge is -2.30. The Balaban J connectivity index is 1.87. The van der Waals surface area contributed by atoms with Crippen molar-refractivity contribution in [2.75, 3.05) is 0 Å². The minimum absolute atomic E-state index is 0.172. The highest BCUT2D eigenvalue weighted by atomic mass is 16.3. The lowest BCUT2D eigenvalue weighted by Crippen LogP contribution is -2.32. The van der Waals surface area contributed by atoms with E-state index in [4.69, 9.17) is 0 Å². The molecule has 146 valence electrons. The summed E-state index contributed by atoms with van der Waals surface area (Å²) in [4.78, 5) is 16.5. The molecule has 0 radical (unpaired) electrons. The van der Waals surface area contributed by atoms with Crippen LogP contribution in [0, 0.1) is 6.92 Å². The SMILES string of the molecule is Cc1c([C@@](C=O)(c2ccc(O)cc2)c2ccc3ccccc3c2)[nH]c2ccccc12. The summed E-state index contributed by atoms with van der Waals surface area (Å²) in [5.74, 6) is 0.172. The van der Waals surface area contributed by atoms with E-state index in [9.17, 15) is 9.90 Å². The molecule has 5 aromatic rings. The molecule has 1 heterocycles. The van der Waals surface area contributed by atoms with Crippen LogP contribution in [0.3, 0.4) is 0 Å². The number of phenols is 1. The highest BCUT2D eigenvalue weighted by Gasteiger charge is 2.39. The molecule has 0 unspecified atom stereocenters. The molecule has 30 heavy (non-hydrogen) atoms. The first-order valence-corrected chi connectivity index (χ1v) is 9.96. The Morgan fingerprint density at radius 2 is 1.47 bits per heavy atom. The number of aryl methyl sites for hydroxylation is 1. The van der Waals surface area contributed by atoms with Gasteiger partial charge in [-0.2, -0.15) is 0 Å². The zero-order valence-corrected chi connectivity index (χ0v) is 16.6. The summed E-state index contributed by atoms with van der Waals surface area (Å²) < 4.78 is 0. The van der Waals surface area contributed by atoms with E-state index in [1.165, 1.54) is 0 Å². The number of carbonyl (C=O) groups is 1. The molecule has 0 amide bonds. The third-order valence-electron chi connectivity index (χ3n) is 6.06. The maximum Gasteiger partial charge on any atom is 0.140 e. The van der Waals surface area contributed by atoms with Gasteiger partial charge in [0.1, 0.15) is 17.5 Å². The van der Waals surface area contributed by atoms with Crippen LogP contribution in [0.15, 0.2) is 91.0 Å². The number of aromatic amines is 1. The summed E-state index contributed by atoms with van der Waals surface area (Å²) in [6, 6.07) is 29.3. The quantitative estimate of drug-likeness (QED) is 0.377. The highest BCUT2D eigenvalue weighted by Crippen LogP contribution is 2.42. The molecule has 1 aromatic heterocycles. The topological polar surface area (TPSA) is 53.1 Å². The number of fused-ring (bicyclic) bond motifs is 2. The van der Waals surface area contributed by atoms with E-state index < -0.39 is 5.41 Å². The third-order valence-corrected chi connectivity index (χ3v) is 6.06. The number of para-hydroxylation sites is 1. The summed E-state index contributed by atoms with van der Waals surface area (Å²) in [7, 11) is 0. The van der Waals surface area contributed by atoms with Gasteiger partial charge in [-0.3, -0.25) is 0 Å². The van der Waals surface area contributed by atoms with E-state index in [1.54, 1.807) is 12.1 Å². The first-order valence-electron chi connectivity index (χ1n) is 9.96. The first-order chi connectivity index (χ1) is 14.6. The van der Waals surface area contributed by atoms with Gasteiger partial charge in [0.25, 0.3) is 0 Å². The largest absolute Gasteiger partial charge is 0.508 e. The summed E-state index contributed by atoms with van der Waals surface area (Å²) in [6.45, 7) is 2.05. The molecule has 4 aromatic carbocycles. The van der Waals surface area contributed by atoms with Crippen molar-refractivity contribution in [2.24, 2.45) is 0 Å². The van der Waals surface area contributed by atoms with Crippen molar-refractivity contribution >= 4 is 28.0 Å². The molecule has 0 aliphatic carbocycles. The molecule has 0 spiro atoms. The van der Waals surface area contributed by atoms with Gasteiger partial charge in [-0.25, -0.2) is 0 Å². The number of aldehydes is 1. The Kier molecular flexibility index (Phi) is 4.18. The smallest absolute Gasteiger partial charge is 0.140 e. The van der Waals surface area contributed by atoms with Crippen molar-refractivity contribution in [3.05, 3.63) is 113 Å². The molecular formula is C27H21NO2. The van der Waals surface area contributed by atoms with Gasteiger partial charge in [0, 0.05) is 16.6 Å². The van der Waals surface area contributed by atoms with E-state index in [0.717, 1.165) is 50.3 Å². The highest BCUT2D eigenvalue weighted by molar-refractivity contribution is 5.92. The van der Waals surface area contributed by atoms with Crippen LogP contribution in [0.1, 0.15) is 22.4 Å². The minimum atomic E-state index is -1.03. The Bertz CT molecular complexity index is 1380. The molecule has 5 rings (SSSR count). The van der Waals surface area contributed by atoms with Gasteiger partial charge < -0.3 is 14.9 Å². The monoisotopic (exact) mass is 391 g/mol. The molecule has 3 nitrogen and oxygen atoms in total. The van der Waals surface area contributed by atoms with Crippen molar-refractivity contribution in [2.45, 2.75) is 12.3 Å². The number of rotatable bonds is 4. The van der Waals surface area contributed by atoms with E-state index in [2.05, 4.69) is 35.3 Å². The van der Waals surface area contributed by atoms with E-state index in [1.807, 2.05) is 55.5 Å². The average Bonchev–Trinajstić information content (AvgIpc) is 3.13. The van der Waals surface area contributed by atoms with E-state index in [-0.39, 0.29) is 5.75 Å². The number of aromatic nitrogens is 1. The lowest BCUT2D eigenvalue weighted by molar-refractivity contribution is -0.110. The fourth-order valence-electron chi connectivity index (χ4n) is 4.49. The number of nitrogens with one attached hydrogen (secondary N) is 1. The normalized spacial score (nSPS) is 13.4. The van der Waals surface area contributed by atoms with Gasteiger partial charge in [0.15, 0.2) is 0 Å². The zero-order valence-electron chi connectivity index (χ0n) is 16.6.